The van der Waals surface area contributed by atoms with E-state index in [1.165, 1.54) is 0 Å². The molecular weight excluding hydrogens is 244 g/mol. The van der Waals surface area contributed by atoms with E-state index in [1.54, 1.807) is 36.2 Å². The first kappa shape index (κ1) is 15.0. The summed E-state index contributed by atoms with van der Waals surface area (Å²) in [5.74, 6) is -0.00315. The second-order valence-corrected chi connectivity index (χ2v) is 4.35. The van der Waals surface area contributed by atoms with Crippen molar-refractivity contribution in [3.63, 3.8) is 0 Å². The summed E-state index contributed by atoms with van der Waals surface area (Å²) in [4.78, 5) is 24.3. The lowest BCUT2D eigenvalue weighted by Crippen LogP contribution is -2.32. The standard InChI is InChI=1S/C14H20N2O3/c1-3-4-9-16(2)13(17)10-19-12-7-5-11(6-8-12)14(15)18/h5-8H,3-4,9-10H2,1-2H3,(H2,15,18). The van der Waals surface area contributed by atoms with Crippen LogP contribution in [0.15, 0.2) is 24.3 Å². The van der Waals surface area contributed by atoms with Gasteiger partial charge in [0.2, 0.25) is 5.91 Å². The second-order valence-electron chi connectivity index (χ2n) is 4.35. The van der Waals surface area contributed by atoms with Gasteiger partial charge in [-0.3, -0.25) is 9.59 Å². The normalized spacial score (nSPS) is 10.0. The van der Waals surface area contributed by atoms with Gasteiger partial charge in [-0.05, 0) is 30.7 Å². The van der Waals surface area contributed by atoms with Crippen molar-refractivity contribution in [2.24, 2.45) is 5.73 Å². The topological polar surface area (TPSA) is 72.6 Å². The zero-order valence-corrected chi connectivity index (χ0v) is 11.4. The monoisotopic (exact) mass is 264 g/mol. The summed E-state index contributed by atoms with van der Waals surface area (Å²) >= 11 is 0. The lowest BCUT2D eigenvalue weighted by atomic mass is 10.2. The Morgan fingerprint density at radius 3 is 2.42 bits per heavy atom. The van der Waals surface area contributed by atoms with Crippen LogP contribution in [0.5, 0.6) is 5.75 Å². The van der Waals surface area contributed by atoms with Gasteiger partial charge in [0.05, 0.1) is 0 Å². The summed E-state index contributed by atoms with van der Waals surface area (Å²) in [6.07, 6.45) is 2.03. The number of rotatable bonds is 7. The molecule has 5 heteroatoms. The van der Waals surface area contributed by atoms with E-state index in [1.807, 2.05) is 0 Å². The van der Waals surface area contributed by atoms with Crippen LogP contribution in [0.3, 0.4) is 0 Å². The number of hydrogen-bond acceptors (Lipinski definition) is 3. The third-order valence-corrected chi connectivity index (χ3v) is 2.77. The maximum atomic E-state index is 11.7. The van der Waals surface area contributed by atoms with Crippen LogP contribution in [0, 0.1) is 0 Å². The van der Waals surface area contributed by atoms with Gasteiger partial charge in [0.1, 0.15) is 5.75 Å². The first-order chi connectivity index (χ1) is 9.04. The molecule has 19 heavy (non-hydrogen) atoms. The fourth-order valence-corrected chi connectivity index (χ4v) is 1.49. The summed E-state index contributed by atoms with van der Waals surface area (Å²) in [6, 6.07) is 6.39. The van der Waals surface area contributed by atoms with Crippen molar-refractivity contribution in [3.05, 3.63) is 29.8 Å². The van der Waals surface area contributed by atoms with E-state index in [0.29, 0.717) is 11.3 Å². The Hall–Kier alpha value is -2.04. The Labute approximate surface area is 113 Å². The molecule has 0 bridgehead atoms. The first-order valence-electron chi connectivity index (χ1n) is 6.31. The highest BCUT2D eigenvalue weighted by Gasteiger charge is 2.09. The molecular formula is C14H20N2O3. The Bertz CT molecular complexity index is 429. The van der Waals surface area contributed by atoms with Gasteiger partial charge in [-0.1, -0.05) is 13.3 Å². The highest BCUT2D eigenvalue weighted by molar-refractivity contribution is 5.92. The molecule has 1 aromatic rings. The number of primary amides is 1. The molecule has 0 saturated carbocycles. The lowest BCUT2D eigenvalue weighted by Gasteiger charge is -2.16. The van der Waals surface area contributed by atoms with Crippen LogP contribution >= 0.6 is 0 Å². The van der Waals surface area contributed by atoms with Gasteiger partial charge in [0.15, 0.2) is 6.61 Å². The molecule has 104 valence electrons. The molecule has 0 aliphatic carbocycles. The molecule has 2 N–H and O–H groups in total. The molecule has 0 fully saturated rings. The zero-order valence-electron chi connectivity index (χ0n) is 11.4. The molecule has 0 radical (unpaired) electrons. The summed E-state index contributed by atoms with van der Waals surface area (Å²) in [6.45, 7) is 2.81. The summed E-state index contributed by atoms with van der Waals surface area (Å²) in [5, 5.41) is 0. The largest absolute Gasteiger partial charge is 0.484 e. The molecule has 0 aliphatic rings. The van der Waals surface area contributed by atoms with Crippen molar-refractivity contribution in [1.82, 2.24) is 4.90 Å². The van der Waals surface area contributed by atoms with Crippen molar-refractivity contribution in [2.75, 3.05) is 20.2 Å². The van der Waals surface area contributed by atoms with E-state index in [-0.39, 0.29) is 12.5 Å². The molecule has 5 nitrogen and oxygen atoms in total. The zero-order chi connectivity index (χ0) is 14.3. The second kappa shape index (κ2) is 7.41. The van der Waals surface area contributed by atoms with Crippen LogP contribution in [0.1, 0.15) is 30.1 Å². The SMILES string of the molecule is CCCCN(C)C(=O)COc1ccc(C(N)=O)cc1. The third kappa shape index (κ3) is 4.99. The Kier molecular flexibility index (Phi) is 5.85. The number of amides is 2. The minimum absolute atomic E-state index is 0.00384. The van der Waals surface area contributed by atoms with Crippen molar-refractivity contribution >= 4 is 11.8 Å². The van der Waals surface area contributed by atoms with Crippen LogP contribution in [-0.2, 0) is 4.79 Å². The number of unbranched alkanes of at least 4 members (excludes halogenated alkanes) is 1. The summed E-state index contributed by atoms with van der Waals surface area (Å²) in [7, 11) is 1.76. The summed E-state index contributed by atoms with van der Waals surface area (Å²) < 4.78 is 5.36. The molecule has 0 aliphatic heterocycles. The number of nitrogens with two attached hydrogens (primary N) is 1. The molecule has 0 atom stereocenters. The van der Waals surface area contributed by atoms with Gasteiger partial charge in [-0.15, -0.1) is 0 Å². The van der Waals surface area contributed by atoms with Crippen LogP contribution < -0.4 is 10.5 Å². The van der Waals surface area contributed by atoms with E-state index >= 15 is 0 Å². The molecule has 0 saturated heterocycles. The Balaban J connectivity index is 2.43. The molecule has 1 rings (SSSR count). The van der Waals surface area contributed by atoms with Gasteiger partial charge in [0, 0.05) is 19.2 Å². The average Bonchev–Trinajstić information content (AvgIpc) is 2.42. The number of carbonyl (C=O) groups excluding carboxylic acids is 2. The molecule has 0 spiro atoms. The Morgan fingerprint density at radius 2 is 1.89 bits per heavy atom. The molecule has 0 heterocycles. The van der Waals surface area contributed by atoms with E-state index in [0.717, 1.165) is 19.4 Å². The molecule has 0 unspecified atom stereocenters. The number of nitrogens with zero attached hydrogens (tertiary/aromatic N) is 1. The molecule has 2 amide bonds. The predicted octanol–water partition coefficient (Wildman–Crippen LogP) is 1.42. The van der Waals surface area contributed by atoms with Crippen molar-refractivity contribution in [2.45, 2.75) is 19.8 Å². The Morgan fingerprint density at radius 1 is 1.26 bits per heavy atom. The third-order valence-electron chi connectivity index (χ3n) is 2.77. The summed E-state index contributed by atoms with van der Waals surface area (Å²) in [5.41, 5.74) is 5.55. The fourth-order valence-electron chi connectivity index (χ4n) is 1.49. The fraction of sp³-hybridized carbons (Fsp3) is 0.429. The highest BCUT2D eigenvalue weighted by Crippen LogP contribution is 2.11. The van der Waals surface area contributed by atoms with Gasteiger partial charge in [0.25, 0.3) is 5.91 Å². The van der Waals surface area contributed by atoms with Crippen LogP contribution in [0.25, 0.3) is 0 Å². The van der Waals surface area contributed by atoms with Crippen LogP contribution in [-0.4, -0.2) is 36.9 Å². The smallest absolute Gasteiger partial charge is 0.260 e. The number of carbonyl (C=O) groups is 2. The van der Waals surface area contributed by atoms with Crippen molar-refractivity contribution in [1.29, 1.82) is 0 Å². The molecule has 1 aromatic carbocycles. The van der Waals surface area contributed by atoms with Crippen LogP contribution in [0.2, 0.25) is 0 Å². The quantitative estimate of drug-likeness (QED) is 0.809. The minimum Gasteiger partial charge on any atom is -0.484 e. The minimum atomic E-state index is -0.484. The number of hydrogen-bond donors (Lipinski definition) is 1. The highest BCUT2D eigenvalue weighted by atomic mass is 16.5. The van der Waals surface area contributed by atoms with Crippen molar-refractivity contribution < 1.29 is 14.3 Å². The maximum absolute atomic E-state index is 11.7. The molecule has 0 aromatic heterocycles. The average molecular weight is 264 g/mol. The van der Waals surface area contributed by atoms with Crippen molar-refractivity contribution in [3.8, 4) is 5.75 Å². The van der Waals surface area contributed by atoms with Gasteiger partial charge >= 0.3 is 0 Å². The number of likely N-dealkylation sites (N-methyl/N-ethyl adjacent to an activating group) is 1. The number of benzene rings is 1. The first-order valence-corrected chi connectivity index (χ1v) is 6.31. The van der Waals surface area contributed by atoms with E-state index in [2.05, 4.69) is 6.92 Å². The maximum Gasteiger partial charge on any atom is 0.260 e. The van der Waals surface area contributed by atoms with E-state index < -0.39 is 5.91 Å². The van der Waals surface area contributed by atoms with E-state index in [9.17, 15) is 9.59 Å². The van der Waals surface area contributed by atoms with Crippen LogP contribution in [0.4, 0.5) is 0 Å². The van der Waals surface area contributed by atoms with Gasteiger partial charge in [-0.25, -0.2) is 0 Å². The van der Waals surface area contributed by atoms with E-state index in [4.69, 9.17) is 10.5 Å². The predicted molar refractivity (Wildman–Crippen MR) is 73.0 cm³/mol. The lowest BCUT2D eigenvalue weighted by molar-refractivity contribution is -0.132. The van der Waals surface area contributed by atoms with Gasteiger partial charge < -0.3 is 15.4 Å². The number of ether oxygens (including phenoxy) is 1. The van der Waals surface area contributed by atoms with Gasteiger partial charge in [-0.2, -0.15) is 0 Å².